The molecule has 140 valence electrons. The summed E-state index contributed by atoms with van der Waals surface area (Å²) in [5.41, 5.74) is 1.68. The van der Waals surface area contributed by atoms with Crippen LogP contribution >= 0.6 is 23.4 Å². The minimum Gasteiger partial charge on any atom is -0.497 e. The van der Waals surface area contributed by atoms with Crippen molar-refractivity contribution in [3.05, 3.63) is 53.6 Å². The van der Waals surface area contributed by atoms with Crippen LogP contribution in [0.1, 0.15) is 6.92 Å². The Balaban J connectivity index is 2.10. The number of halogens is 1. The fourth-order valence-electron chi connectivity index (χ4n) is 2.49. The molecule has 0 amide bonds. The molecule has 27 heavy (non-hydrogen) atoms. The third kappa shape index (κ3) is 4.26. The number of esters is 1. The van der Waals surface area contributed by atoms with Crippen LogP contribution in [0.15, 0.2) is 53.7 Å². The zero-order chi connectivity index (χ0) is 19.4. The summed E-state index contributed by atoms with van der Waals surface area (Å²) in [5.74, 6) is 1.03. The first kappa shape index (κ1) is 19.3. The molecule has 0 aliphatic rings. The zero-order valence-corrected chi connectivity index (χ0v) is 16.6. The van der Waals surface area contributed by atoms with E-state index >= 15 is 0 Å². The first-order valence-electron chi connectivity index (χ1n) is 8.13. The number of carbonyl (C=O) groups excluding carboxylic acids is 1. The van der Waals surface area contributed by atoms with Gasteiger partial charge in [0.05, 0.1) is 14.2 Å². The predicted octanol–water partition coefficient (Wildman–Crippen LogP) is 4.25. The molecular formula is C19H18ClN3O3S. The molecule has 1 unspecified atom stereocenters. The maximum atomic E-state index is 11.8. The summed E-state index contributed by atoms with van der Waals surface area (Å²) in [5, 5.41) is 9.43. The second-order valence-electron chi connectivity index (χ2n) is 5.63. The molecule has 2 aromatic carbocycles. The molecule has 8 heteroatoms. The lowest BCUT2D eigenvalue weighted by molar-refractivity contribution is -0.139. The third-order valence-corrected chi connectivity index (χ3v) is 5.13. The molecule has 0 spiro atoms. The van der Waals surface area contributed by atoms with Gasteiger partial charge in [-0.2, -0.15) is 0 Å². The fraction of sp³-hybridized carbons (Fsp3) is 0.211. The summed E-state index contributed by atoms with van der Waals surface area (Å²) in [6, 6.07) is 14.9. The van der Waals surface area contributed by atoms with E-state index in [1.165, 1.54) is 18.9 Å². The molecule has 0 saturated heterocycles. The lowest BCUT2D eigenvalue weighted by atomic mass is 10.2. The van der Waals surface area contributed by atoms with Gasteiger partial charge in [0.1, 0.15) is 11.0 Å². The van der Waals surface area contributed by atoms with E-state index in [-0.39, 0.29) is 5.97 Å². The molecule has 1 aromatic heterocycles. The molecule has 0 aliphatic carbocycles. The van der Waals surface area contributed by atoms with Crippen molar-refractivity contribution in [3.8, 4) is 22.8 Å². The molecule has 0 N–H and O–H groups in total. The monoisotopic (exact) mass is 403 g/mol. The van der Waals surface area contributed by atoms with Gasteiger partial charge in [-0.1, -0.05) is 35.5 Å². The van der Waals surface area contributed by atoms with Gasteiger partial charge < -0.3 is 9.47 Å². The minimum absolute atomic E-state index is 0.325. The van der Waals surface area contributed by atoms with Gasteiger partial charge in [-0.15, -0.1) is 10.2 Å². The average Bonchev–Trinajstić information content (AvgIpc) is 3.11. The quantitative estimate of drug-likeness (QED) is 0.452. The topological polar surface area (TPSA) is 66.2 Å². The summed E-state index contributed by atoms with van der Waals surface area (Å²) >= 11 is 7.31. The van der Waals surface area contributed by atoms with Gasteiger partial charge in [-0.25, -0.2) is 0 Å². The average molecular weight is 404 g/mol. The summed E-state index contributed by atoms with van der Waals surface area (Å²) in [4.78, 5) is 11.8. The Hall–Kier alpha value is -2.51. The Morgan fingerprint density at radius 2 is 1.89 bits per heavy atom. The van der Waals surface area contributed by atoms with Crippen molar-refractivity contribution in [2.45, 2.75) is 17.3 Å². The summed E-state index contributed by atoms with van der Waals surface area (Å²) in [6.45, 7) is 1.77. The molecule has 0 bridgehead atoms. The highest BCUT2D eigenvalue weighted by Gasteiger charge is 2.22. The molecule has 1 heterocycles. The van der Waals surface area contributed by atoms with E-state index in [0.717, 1.165) is 17.0 Å². The Morgan fingerprint density at radius 1 is 1.15 bits per heavy atom. The largest absolute Gasteiger partial charge is 0.497 e. The van der Waals surface area contributed by atoms with E-state index in [1.54, 1.807) is 26.2 Å². The Labute approximate surface area is 166 Å². The second kappa shape index (κ2) is 8.45. The molecule has 3 aromatic rings. The van der Waals surface area contributed by atoms with E-state index < -0.39 is 5.25 Å². The van der Waals surface area contributed by atoms with Crippen molar-refractivity contribution in [2.24, 2.45) is 0 Å². The van der Waals surface area contributed by atoms with Crippen molar-refractivity contribution in [1.29, 1.82) is 0 Å². The van der Waals surface area contributed by atoms with Gasteiger partial charge >= 0.3 is 5.97 Å². The van der Waals surface area contributed by atoms with Gasteiger partial charge in [0, 0.05) is 16.3 Å². The van der Waals surface area contributed by atoms with Crippen LogP contribution in [-0.4, -0.2) is 40.2 Å². The highest BCUT2D eigenvalue weighted by atomic mass is 35.5. The van der Waals surface area contributed by atoms with Gasteiger partial charge in [-0.05, 0) is 43.3 Å². The van der Waals surface area contributed by atoms with Crippen LogP contribution in [0.4, 0.5) is 0 Å². The molecule has 3 rings (SSSR count). The second-order valence-corrected chi connectivity index (χ2v) is 7.38. The van der Waals surface area contributed by atoms with Crippen molar-refractivity contribution in [3.63, 3.8) is 0 Å². The normalized spacial score (nSPS) is 11.9. The summed E-state index contributed by atoms with van der Waals surface area (Å²) in [6.07, 6.45) is 0. The van der Waals surface area contributed by atoms with Crippen LogP contribution in [0.2, 0.25) is 5.02 Å². The van der Waals surface area contributed by atoms with Gasteiger partial charge in [0.25, 0.3) is 0 Å². The molecule has 0 radical (unpaired) electrons. The molecule has 0 aliphatic heterocycles. The number of aromatic nitrogens is 3. The number of hydrogen-bond acceptors (Lipinski definition) is 6. The van der Waals surface area contributed by atoms with Crippen LogP contribution in [0, 0.1) is 0 Å². The van der Waals surface area contributed by atoms with Crippen molar-refractivity contribution in [1.82, 2.24) is 14.8 Å². The first-order valence-corrected chi connectivity index (χ1v) is 9.39. The SMILES string of the molecule is COC(=O)C(C)Sc1nnc(-c2cccc(OC)c2)n1-c1ccc(Cl)cc1. The molecule has 0 fully saturated rings. The van der Waals surface area contributed by atoms with Crippen LogP contribution in [-0.2, 0) is 9.53 Å². The lowest BCUT2D eigenvalue weighted by Gasteiger charge is -2.13. The van der Waals surface area contributed by atoms with Crippen LogP contribution in [0.25, 0.3) is 17.1 Å². The fourth-order valence-corrected chi connectivity index (χ4v) is 3.51. The molecule has 0 saturated carbocycles. The number of rotatable bonds is 6. The van der Waals surface area contributed by atoms with Crippen molar-refractivity contribution >= 4 is 29.3 Å². The summed E-state index contributed by atoms with van der Waals surface area (Å²) < 4.78 is 12.0. The molecule has 6 nitrogen and oxygen atoms in total. The van der Waals surface area contributed by atoms with Gasteiger partial charge in [0.15, 0.2) is 11.0 Å². The number of hydrogen-bond donors (Lipinski definition) is 0. The standard InChI is InChI=1S/C19H18ClN3O3S/c1-12(18(24)26-3)27-19-22-21-17(13-5-4-6-16(11-13)25-2)23(19)15-9-7-14(20)8-10-15/h4-12H,1-3H3. The number of ether oxygens (including phenoxy) is 2. The Kier molecular flexibility index (Phi) is 6.03. The highest BCUT2D eigenvalue weighted by molar-refractivity contribution is 8.00. The van der Waals surface area contributed by atoms with Crippen LogP contribution < -0.4 is 4.74 Å². The van der Waals surface area contributed by atoms with E-state index in [4.69, 9.17) is 21.1 Å². The Morgan fingerprint density at radius 3 is 2.56 bits per heavy atom. The van der Waals surface area contributed by atoms with E-state index in [1.807, 2.05) is 41.0 Å². The third-order valence-electron chi connectivity index (χ3n) is 3.86. The smallest absolute Gasteiger partial charge is 0.318 e. The predicted molar refractivity (Wildman–Crippen MR) is 106 cm³/mol. The van der Waals surface area contributed by atoms with E-state index in [9.17, 15) is 4.79 Å². The first-order chi connectivity index (χ1) is 13.0. The lowest BCUT2D eigenvalue weighted by Crippen LogP contribution is -2.15. The summed E-state index contributed by atoms with van der Waals surface area (Å²) in [7, 11) is 2.98. The van der Waals surface area contributed by atoms with E-state index in [2.05, 4.69) is 10.2 Å². The molecule has 1 atom stereocenters. The van der Waals surface area contributed by atoms with Crippen molar-refractivity contribution < 1.29 is 14.3 Å². The number of carbonyl (C=O) groups is 1. The van der Waals surface area contributed by atoms with Gasteiger partial charge in [-0.3, -0.25) is 9.36 Å². The maximum Gasteiger partial charge on any atom is 0.318 e. The molecular weight excluding hydrogens is 386 g/mol. The van der Waals surface area contributed by atoms with Crippen LogP contribution in [0.5, 0.6) is 5.75 Å². The minimum atomic E-state index is -0.427. The zero-order valence-electron chi connectivity index (χ0n) is 15.0. The number of thioether (sulfide) groups is 1. The number of nitrogens with zero attached hydrogens (tertiary/aromatic N) is 3. The van der Waals surface area contributed by atoms with Crippen LogP contribution in [0.3, 0.4) is 0 Å². The maximum absolute atomic E-state index is 11.8. The Bertz CT molecular complexity index is 944. The van der Waals surface area contributed by atoms with Gasteiger partial charge in [0.2, 0.25) is 0 Å². The highest BCUT2D eigenvalue weighted by Crippen LogP contribution is 2.32. The number of methoxy groups -OCH3 is 2. The van der Waals surface area contributed by atoms with E-state index in [0.29, 0.717) is 16.0 Å². The number of benzene rings is 2. The van der Waals surface area contributed by atoms with Crippen molar-refractivity contribution in [2.75, 3.05) is 14.2 Å².